The molecule has 5 heteroatoms. The van der Waals surface area contributed by atoms with Crippen LogP contribution in [0.5, 0.6) is 0 Å². The number of carboxylic acid groups (broad SMARTS) is 1. The van der Waals surface area contributed by atoms with Gasteiger partial charge in [-0.25, -0.2) is 4.79 Å². The number of anilines is 1. The topological polar surface area (TPSA) is 66.4 Å². The molecule has 1 aliphatic rings. The number of amides is 1. The van der Waals surface area contributed by atoms with Crippen molar-refractivity contribution < 1.29 is 14.7 Å². The van der Waals surface area contributed by atoms with Crippen molar-refractivity contribution in [1.82, 2.24) is 0 Å². The van der Waals surface area contributed by atoms with Gasteiger partial charge in [0.15, 0.2) is 0 Å². The van der Waals surface area contributed by atoms with E-state index in [2.05, 4.69) is 5.32 Å². The van der Waals surface area contributed by atoms with E-state index in [0.29, 0.717) is 28.8 Å². The number of hydrogen-bond donors (Lipinski definition) is 2. The molecule has 0 atom stereocenters. The lowest BCUT2D eigenvalue weighted by Crippen LogP contribution is -2.20. The molecule has 2 aromatic carbocycles. The van der Waals surface area contributed by atoms with Gasteiger partial charge in [-0.1, -0.05) is 23.7 Å². The first-order valence-electron chi connectivity index (χ1n) is 8.90. The molecule has 0 saturated heterocycles. The van der Waals surface area contributed by atoms with E-state index in [1.807, 2.05) is 12.1 Å². The Morgan fingerprint density at radius 2 is 1.73 bits per heavy atom. The summed E-state index contributed by atoms with van der Waals surface area (Å²) >= 11 is 5.85. The monoisotopic (exact) mass is 371 g/mol. The second-order valence-corrected chi connectivity index (χ2v) is 7.34. The van der Waals surface area contributed by atoms with Crippen molar-refractivity contribution in [2.24, 2.45) is 5.92 Å². The van der Waals surface area contributed by atoms with Crippen molar-refractivity contribution in [2.45, 2.75) is 38.0 Å². The maximum atomic E-state index is 12.2. The standard InChI is InChI=1S/C21H22ClNO3/c22-18-8-10-19(11-9-18)23-20(24)12-14-4-6-15(7-5-14)16-2-1-3-17(13-16)21(25)26/h1-3,8-11,13-15H,4-7,12H2,(H,23,24)(H,25,26). The van der Waals surface area contributed by atoms with E-state index in [-0.39, 0.29) is 5.91 Å². The van der Waals surface area contributed by atoms with Crippen molar-refractivity contribution in [2.75, 3.05) is 5.32 Å². The average Bonchev–Trinajstić information content (AvgIpc) is 2.64. The highest BCUT2D eigenvalue weighted by Crippen LogP contribution is 2.37. The van der Waals surface area contributed by atoms with Gasteiger partial charge in [-0.3, -0.25) is 4.79 Å². The smallest absolute Gasteiger partial charge is 0.335 e. The van der Waals surface area contributed by atoms with Crippen LogP contribution >= 0.6 is 11.6 Å². The van der Waals surface area contributed by atoms with Crippen molar-refractivity contribution in [3.8, 4) is 0 Å². The predicted molar refractivity (Wildman–Crippen MR) is 103 cm³/mol. The fourth-order valence-electron chi connectivity index (χ4n) is 3.63. The molecule has 26 heavy (non-hydrogen) atoms. The fourth-order valence-corrected chi connectivity index (χ4v) is 3.76. The third kappa shape index (κ3) is 4.85. The second-order valence-electron chi connectivity index (χ2n) is 6.91. The summed E-state index contributed by atoms with van der Waals surface area (Å²) in [4.78, 5) is 23.4. The van der Waals surface area contributed by atoms with Gasteiger partial charge in [0.25, 0.3) is 0 Å². The van der Waals surface area contributed by atoms with Crippen LogP contribution in [0.2, 0.25) is 5.02 Å². The summed E-state index contributed by atoms with van der Waals surface area (Å²) in [5.74, 6) is -0.103. The summed E-state index contributed by atoms with van der Waals surface area (Å²) in [5, 5.41) is 12.7. The summed E-state index contributed by atoms with van der Waals surface area (Å²) in [6.45, 7) is 0. The quantitative estimate of drug-likeness (QED) is 0.745. The Morgan fingerprint density at radius 1 is 1.04 bits per heavy atom. The summed E-state index contributed by atoms with van der Waals surface area (Å²) in [6.07, 6.45) is 4.46. The van der Waals surface area contributed by atoms with Gasteiger partial charge in [-0.05, 0) is 79.5 Å². The molecule has 2 N–H and O–H groups in total. The molecular weight excluding hydrogens is 350 g/mol. The number of carbonyl (C=O) groups is 2. The maximum absolute atomic E-state index is 12.2. The molecule has 0 aromatic heterocycles. The molecule has 3 rings (SSSR count). The third-order valence-electron chi connectivity index (χ3n) is 5.05. The van der Waals surface area contributed by atoms with Gasteiger partial charge in [0.2, 0.25) is 5.91 Å². The minimum absolute atomic E-state index is 0.0312. The lowest BCUT2D eigenvalue weighted by molar-refractivity contribution is -0.117. The Morgan fingerprint density at radius 3 is 2.38 bits per heavy atom. The minimum Gasteiger partial charge on any atom is -0.478 e. The van der Waals surface area contributed by atoms with Gasteiger partial charge >= 0.3 is 5.97 Å². The van der Waals surface area contributed by atoms with Crippen LogP contribution in [0.25, 0.3) is 0 Å². The number of aromatic carboxylic acids is 1. The Labute approximate surface area is 158 Å². The zero-order chi connectivity index (χ0) is 18.5. The first-order valence-corrected chi connectivity index (χ1v) is 9.28. The number of rotatable bonds is 5. The second kappa shape index (κ2) is 8.37. The Balaban J connectivity index is 1.50. The normalized spacial score (nSPS) is 19.7. The number of hydrogen-bond acceptors (Lipinski definition) is 2. The lowest BCUT2D eigenvalue weighted by Gasteiger charge is -2.28. The molecule has 0 spiro atoms. The van der Waals surface area contributed by atoms with Crippen molar-refractivity contribution in [3.63, 3.8) is 0 Å². The summed E-state index contributed by atoms with van der Waals surface area (Å²) in [5.41, 5.74) is 2.19. The third-order valence-corrected chi connectivity index (χ3v) is 5.31. The van der Waals surface area contributed by atoms with Crippen LogP contribution in [0.15, 0.2) is 48.5 Å². The molecule has 1 amide bonds. The number of halogens is 1. The highest BCUT2D eigenvalue weighted by Gasteiger charge is 2.24. The van der Waals surface area contributed by atoms with Crippen LogP contribution in [-0.2, 0) is 4.79 Å². The Hall–Kier alpha value is -2.33. The zero-order valence-electron chi connectivity index (χ0n) is 14.5. The number of benzene rings is 2. The molecule has 4 nitrogen and oxygen atoms in total. The SMILES string of the molecule is O=C(CC1CCC(c2cccc(C(=O)O)c2)CC1)Nc1ccc(Cl)cc1. The molecular formula is C21H22ClNO3. The van der Waals surface area contributed by atoms with Gasteiger partial charge < -0.3 is 10.4 Å². The maximum Gasteiger partial charge on any atom is 0.335 e. The average molecular weight is 372 g/mol. The minimum atomic E-state index is -0.889. The predicted octanol–water partition coefficient (Wildman–Crippen LogP) is 5.34. The van der Waals surface area contributed by atoms with E-state index in [4.69, 9.17) is 16.7 Å². The molecule has 0 radical (unpaired) electrons. The zero-order valence-corrected chi connectivity index (χ0v) is 15.2. The van der Waals surface area contributed by atoms with Crippen LogP contribution in [0, 0.1) is 5.92 Å². The van der Waals surface area contributed by atoms with Gasteiger partial charge in [0.05, 0.1) is 5.56 Å². The first kappa shape index (κ1) is 18.5. The molecule has 0 bridgehead atoms. The molecule has 1 aliphatic carbocycles. The Kier molecular flexibility index (Phi) is 5.94. The van der Waals surface area contributed by atoms with E-state index < -0.39 is 5.97 Å². The van der Waals surface area contributed by atoms with Crippen LogP contribution in [0.4, 0.5) is 5.69 Å². The molecule has 136 valence electrons. The van der Waals surface area contributed by atoms with Crippen LogP contribution in [-0.4, -0.2) is 17.0 Å². The first-order chi connectivity index (χ1) is 12.5. The number of carbonyl (C=O) groups excluding carboxylic acids is 1. The number of nitrogens with one attached hydrogen (secondary N) is 1. The van der Waals surface area contributed by atoms with Crippen molar-refractivity contribution in [1.29, 1.82) is 0 Å². The largest absolute Gasteiger partial charge is 0.478 e. The van der Waals surface area contributed by atoms with E-state index in [0.717, 1.165) is 36.9 Å². The van der Waals surface area contributed by atoms with Gasteiger partial charge in [0.1, 0.15) is 0 Å². The molecule has 0 aliphatic heterocycles. The highest BCUT2D eigenvalue weighted by atomic mass is 35.5. The molecule has 1 fully saturated rings. The van der Waals surface area contributed by atoms with Crippen molar-refractivity contribution in [3.05, 3.63) is 64.7 Å². The highest BCUT2D eigenvalue weighted by molar-refractivity contribution is 6.30. The lowest BCUT2D eigenvalue weighted by atomic mass is 9.77. The summed E-state index contributed by atoms with van der Waals surface area (Å²) < 4.78 is 0. The molecule has 0 unspecified atom stereocenters. The Bertz CT molecular complexity index is 780. The fraction of sp³-hybridized carbons (Fsp3) is 0.333. The molecule has 1 saturated carbocycles. The van der Waals surface area contributed by atoms with E-state index in [1.54, 1.807) is 36.4 Å². The molecule has 2 aromatic rings. The van der Waals surface area contributed by atoms with Crippen LogP contribution < -0.4 is 5.32 Å². The van der Waals surface area contributed by atoms with Gasteiger partial charge in [-0.15, -0.1) is 0 Å². The van der Waals surface area contributed by atoms with Gasteiger partial charge in [0, 0.05) is 17.1 Å². The van der Waals surface area contributed by atoms with Gasteiger partial charge in [-0.2, -0.15) is 0 Å². The van der Waals surface area contributed by atoms with Crippen LogP contribution in [0.1, 0.15) is 53.9 Å². The molecule has 0 heterocycles. The summed E-state index contributed by atoms with van der Waals surface area (Å²) in [7, 11) is 0. The van der Waals surface area contributed by atoms with E-state index in [1.165, 1.54) is 0 Å². The van der Waals surface area contributed by atoms with E-state index in [9.17, 15) is 9.59 Å². The number of carboxylic acids is 1. The summed E-state index contributed by atoms with van der Waals surface area (Å²) in [6, 6.07) is 14.3. The van der Waals surface area contributed by atoms with E-state index >= 15 is 0 Å². The van der Waals surface area contributed by atoms with Crippen LogP contribution in [0.3, 0.4) is 0 Å². The van der Waals surface area contributed by atoms with Crippen molar-refractivity contribution >= 4 is 29.2 Å².